The number of fused-ring (bicyclic) bond motifs is 5. The summed E-state index contributed by atoms with van der Waals surface area (Å²) in [4.78, 5) is 7.61. The maximum atomic E-state index is 4.30. The average molecular weight is 220 g/mol. The van der Waals surface area contributed by atoms with Crippen molar-refractivity contribution in [3.8, 4) is 0 Å². The van der Waals surface area contributed by atoms with Crippen LogP contribution in [-0.4, -0.2) is 20.2 Å². The monoisotopic (exact) mass is 220 g/mol. The van der Waals surface area contributed by atoms with Crippen LogP contribution in [0.4, 0.5) is 0 Å². The van der Waals surface area contributed by atoms with Crippen molar-refractivity contribution in [2.75, 3.05) is 0 Å². The van der Waals surface area contributed by atoms with Gasteiger partial charge in [0.15, 0.2) is 0 Å². The number of pyridine rings is 1. The highest BCUT2D eigenvalue weighted by atomic mass is 15.1. The highest BCUT2D eigenvalue weighted by molar-refractivity contribution is 6.12. The van der Waals surface area contributed by atoms with E-state index in [1.54, 1.807) is 6.20 Å². The summed E-state index contributed by atoms with van der Waals surface area (Å²) in [6, 6.07) is 11.9. The van der Waals surface area contributed by atoms with Gasteiger partial charge in [-0.1, -0.05) is 18.2 Å². The molecule has 3 aromatic heterocycles. The second kappa shape index (κ2) is 3.01. The number of rotatable bonds is 0. The number of nitrogens with one attached hydrogen (secondary N) is 1. The Morgan fingerprint density at radius 2 is 1.76 bits per heavy atom. The summed E-state index contributed by atoms with van der Waals surface area (Å²) in [7, 11) is 0. The van der Waals surface area contributed by atoms with Crippen LogP contribution in [0.25, 0.3) is 33.0 Å². The number of nitrogens with zero attached hydrogens (tertiary/aromatic N) is 3. The SMILES string of the molecule is c1ccc2c(c1)nnc1c3cccnc3[nH]c21. The van der Waals surface area contributed by atoms with Gasteiger partial charge in [0.1, 0.15) is 11.2 Å². The zero-order chi connectivity index (χ0) is 11.2. The summed E-state index contributed by atoms with van der Waals surface area (Å²) in [5, 5.41) is 10.6. The second-order valence-corrected chi connectivity index (χ2v) is 3.97. The standard InChI is InChI=1S/C13H8N4/c1-2-6-10-8(4-1)11-12(17-16-10)9-5-3-7-14-13(9)15-11/h1-7H,(H,14,15). The van der Waals surface area contributed by atoms with Gasteiger partial charge in [0.05, 0.1) is 11.0 Å². The summed E-state index contributed by atoms with van der Waals surface area (Å²) in [6.07, 6.45) is 1.77. The lowest BCUT2D eigenvalue weighted by Crippen LogP contribution is -1.84. The van der Waals surface area contributed by atoms with Gasteiger partial charge in [0, 0.05) is 17.0 Å². The molecule has 80 valence electrons. The van der Waals surface area contributed by atoms with E-state index in [4.69, 9.17) is 0 Å². The summed E-state index contributed by atoms with van der Waals surface area (Å²) < 4.78 is 0. The Hall–Kier alpha value is -2.49. The molecule has 0 aliphatic heterocycles. The molecule has 1 aromatic carbocycles. The molecule has 0 bridgehead atoms. The molecular weight excluding hydrogens is 212 g/mol. The molecule has 17 heavy (non-hydrogen) atoms. The molecule has 1 N–H and O–H groups in total. The largest absolute Gasteiger partial charge is 0.337 e. The maximum Gasteiger partial charge on any atom is 0.140 e. The number of hydrogen-bond acceptors (Lipinski definition) is 3. The minimum Gasteiger partial charge on any atom is -0.337 e. The highest BCUT2D eigenvalue weighted by Crippen LogP contribution is 2.26. The van der Waals surface area contributed by atoms with Crippen LogP contribution in [0.2, 0.25) is 0 Å². The lowest BCUT2D eigenvalue weighted by molar-refractivity contribution is 1.13. The average Bonchev–Trinajstić information content (AvgIpc) is 2.78. The van der Waals surface area contributed by atoms with Crippen LogP contribution in [0.15, 0.2) is 42.6 Å². The van der Waals surface area contributed by atoms with E-state index < -0.39 is 0 Å². The fourth-order valence-corrected chi connectivity index (χ4v) is 2.18. The summed E-state index contributed by atoms with van der Waals surface area (Å²) >= 11 is 0. The highest BCUT2D eigenvalue weighted by Gasteiger charge is 2.09. The second-order valence-electron chi connectivity index (χ2n) is 3.97. The van der Waals surface area contributed by atoms with E-state index >= 15 is 0 Å². The van der Waals surface area contributed by atoms with Crippen LogP contribution >= 0.6 is 0 Å². The Bertz CT molecular complexity index is 848. The molecule has 4 heteroatoms. The first-order valence-electron chi connectivity index (χ1n) is 5.41. The predicted octanol–water partition coefficient (Wildman–Crippen LogP) is 2.66. The van der Waals surface area contributed by atoms with E-state index in [1.807, 2.05) is 36.4 Å². The number of aromatic nitrogens is 4. The molecule has 0 amide bonds. The van der Waals surface area contributed by atoms with Gasteiger partial charge < -0.3 is 4.98 Å². The molecule has 0 aliphatic carbocycles. The van der Waals surface area contributed by atoms with Gasteiger partial charge in [0.2, 0.25) is 0 Å². The van der Waals surface area contributed by atoms with Crippen molar-refractivity contribution < 1.29 is 0 Å². The zero-order valence-corrected chi connectivity index (χ0v) is 8.88. The molecule has 0 unspecified atom stereocenters. The molecule has 0 saturated heterocycles. The van der Waals surface area contributed by atoms with Gasteiger partial charge in [-0.05, 0) is 18.2 Å². The lowest BCUT2D eigenvalue weighted by atomic mass is 10.2. The molecule has 3 heterocycles. The molecule has 0 fully saturated rings. The molecule has 0 atom stereocenters. The van der Waals surface area contributed by atoms with Crippen LogP contribution in [0.5, 0.6) is 0 Å². The zero-order valence-electron chi connectivity index (χ0n) is 8.88. The van der Waals surface area contributed by atoms with E-state index in [2.05, 4.69) is 20.2 Å². The van der Waals surface area contributed by atoms with E-state index in [9.17, 15) is 0 Å². The first-order valence-corrected chi connectivity index (χ1v) is 5.41. The van der Waals surface area contributed by atoms with Gasteiger partial charge in [-0.25, -0.2) is 4.98 Å². The Balaban J connectivity index is 2.34. The van der Waals surface area contributed by atoms with Crippen LogP contribution in [-0.2, 0) is 0 Å². The maximum absolute atomic E-state index is 4.30. The molecule has 4 rings (SSSR count). The molecule has 4 nitrogen and oxygen atoms in total. The van der Waals surface area contributed by atoms with Crippen LogP contribution in [0, 0.1) is 0 Å². The number of hydrogen-bond donors (Lipinski definition) is 1. The third-order valence-electron chi connectivity index (χ3n) is 2.97. The van der Waals surface area contributed by atoms with E-state index in [-0.39, 0.29) is 0 Å². The van der Waals surface area contributed by atoms with Crippen molar-refractivity contribution in [2.24, 2.45) is 0 Å². The smallest absolute Gasteiger partial charge is 0.140 e. The quantitative estimate of drug-likeness (QED) is 0.495. The van der Waals surface area contributed by atoms with Gasteiger partial charge in [0.25, 0.3) is 0 Å². The summed E-state index contributed by atoms with van der Waals surface area (Å²) in [6.45, 7) is 0. The topological polar surface area (TPSA) is 54.5 Å². The molecule has 4 aromatic rings. The van der Waals surface area contributed by atoms with E-state index in [0.717, 1.165) is 33.0 Å². The first-order chi connectivity index (χ1) is 8.43. The van der Waals surface area contributed by atoms with Gasteiger partial charge >= 0.3 is 0 Å². The Morgan fingerprint density at radius 1 is 0.882 bits per heavy atom. The van der Waals surface area contributed by atoms with E-state index in [0.29, 0.717) is 0 Å². The minimum absolute atomic E-state index is 0.855. The number of H-pyrrole nitrogens is 1. The predicted molar refractivity (Wildman–Crippen MR) is 66.7 cm³/mol. The number of aromatic amines is 1. The van der Waals surface area contributed by atoms with Gasteiger partial charge in [-0.15, -0.1) is 10.2 Å². The summed E-state index contributed by atoms with van der Waals surface area (Å²) in [5.41, 5.74) is 3.64. The van der Waals surface area contributed by atoms with Gasteiger partial charge in [-0.3, -0.25) is 0 Å². The molecule has 0 radical (unpaired) electrons. The molecule has 0 aliphatic rings. The third kappa shape index (κ3) is 1.09. The lowest BCUT2D eigenvalue weighted by Gasteiger charge is -1.96. The molecule has 0 spiro atoms. The molecular formula is C13H8N4. The third-order valence-corrected chi connectivity index (χ3v) is 2.97. The minimum atomic E-state index is 0.855. The Morgan fingerprint density at radius 3 is 2.76 bits per heavy atom. The van der Waals surface area contributed by atoms with Crippen molar-refractivity contribution in [1.82, 2.24) is 20.2 Å². The van der Waals surface area contributed by atoms with Crippen molar-refractivity contribution >= 4 is 33.0 Å². The van der Waals surface area contributed by atoms with Crippen molar-refractivity contribution in [1.29, 1.82) is 0 Å². The Kier molecular flexibility index (Phi) is 1.53. The van der Waals surface area contributed by atoms with Crippen LogP contribution < -0.4 is 0 Å². The summed E-state index contributed by atoms with van der Waals surface area (Å²) in [5.74, 6) is 0. The molecule has 0 saturated carbocycles. The fraction of sp³-hybridized carbons (Fsp3) is 0. The van der Waals surface area contributed by atoms with Crippen molar-refractivity contribution in [3.63, 3.8) is 0 Å². The van der Waals surface area contributed by atoms with Crippen molar-refractivity contribution in [3.05, 3.63) is 42.6 Å². The Labute approximate surface area is 96.3 Å². The number of benzene rings is 1. The van der Waals surface area contributed by atoms with Crippen molar-refractivity contribution in [2.45, 2.75) is 0 Å². The van der Waals surface area contributed by atoms with E-state index in [1.165, 1.54) is 0 Å². The fourth-order valence-electron chi connectivity index (χ4n) is 2.18. The first kappa shape index (κ1) is 8.64. The van der Waals surface area contributed by atoms with Crippen LogP contribution in [0.1, 0.15) is 0 Å². The normalized spacial score (nSPS) is 11.5. The van der Waals surface area contributed by atoms with Gasteiger partial charge in [-0.2, -0.15) is 0 Å². The van der Waals surface area contributed by atoms with Crippen LogP contribution in [0.3, 0.4) is 0 Å².